The summed E-state index contributed by atoms with van der Waals surface area (Å²) in [6, 6.07) is 5.70. The molecule has 88 valence electrons. The Hall–Kier alpha value is -0.500. The third kappa shape index (κ3) is 3.82. The van der Waals surface area contributed by atoms with Gasteiger partial charge in [-0.15, -0.1) is 0 Å². The Balaban J connectivity index is 2.90. The molecule has 0 unspecified atom stereocenters. The van der Waals surface area contributed by atoms with Crippen LogP contribution in [0.3, 0.4) is 0 Å². The van der Waals surface area contributed by atoms with E-state index in [2.05, 4.69) is 25.2 Å². The maximum absolute atomic E-state index is 6.13. The monoisotopic (exact) mass is 257 g/mol. The van der Waals surface area contributed by atoms with Crippen LogP contribution in [0.15, 0.2) is 23.8 Å². The lowest BCUT2D eigenvalue weighted by molar-refractivity contribution is 0.762. The van der Waals surface area contributed by atoms with Crippen molar-refractivity contribution in [2.45, 2.75) is 20.3 Å². The van der Waals surface area contributed by atoms with Gasteiger partial charge in [0, 0.05) is 6.54 Å². The van der Waals surface area contributed by atoms with Gasteiger partial charge in [0.25, 0.3) is 0 Å². The molecule has 16 heavy (non-hydrogen) atoms. The average molecular weight is 258 g/mol. The lowest BCUT2D eigenvalue weighted by Gasteiger charge is -2.07. The number of nitrogens with one attached hydrogen (secondary N) is 1. The number of benzene rings is 1. The van der Waals surface area contributed by atoms with E-state index in [0.29, 0.717) is 10.0 Å². The molecular weight excluding hydrogens is 241 g/mol. The molecule has 1 rings (SSSR count). The fourth-order valence-corrected chi connectivity index (χ4v) is 1.78. The molecule has 0 radical (unpaired) electrons. The smallest absolute Gasteiger partial charge is 0.0664 e. The van der Waals surface area contributed by atoms with Crippen LogP contribution in [0.4, 0.5) is 0 Å². The Kier molecular flexibility index (Phi) is 5.89. The molecule has 0 aliphatic rings. The fraction of sp³-hybridized carbons (Fsp3) is 0.385. The molecule has 0 spiro atoms. The van der Waals surface area contributed by atoms with Gasteiger partial charge in [0.2, 0.25) is 0 Å². The van der Waals surface area contributed by atoms with Crippen molar-refractivity contribution in [2.24, 2.45) is 0 Å². The summed E-state index contributed by atoms with van der Waals surface area (Å²) in [5.41, 5.74) is 2.31. The van der Waals surface area contributed by atoms with Crippen molar-refractivity contribution < 1.29 is 0 Å². The summed E-state index contributed by atoms with van der Waals surface area (Å²) in [4.78, 5) is 0. The van der Waals surface area contributed by atoms with Crippen molar-refractivity contribution in [3.63, 3.8) is 0 Å². The van der Waals surface area contributed by atoms with Crippen LogP contribution in [0.2, 0.25) is 10.0 Å². The van der Waals surface area contributed by atoms with Crippen molar-refractivity contribution >= 4 is 29.3 Å². The van der Waals surface area contributed by atoms with Gasteiger partial charge in [0.15, 0.2) is 0 Å². The SMILES string of the molecule is CCNCC(=Cc1cccc(Cl)c1Cl)CC. The zero-order chi connectivity index (χ0) is 12.0. The summed E-state index contributed by atoms with van der Waals surface area (Å²) in [5.74, 6) is 0. The number of rotatable bonds is 5. The third-order valence-corrected chi connectivity index (χ3v) is 3.23. The van der Waals surface area contributed by atoms with Gasteiger partial charge in [-0.25, -0.2) is 0 Å². The highest BCUT2D eigenvalue weighted by atomic mass is 35.5. The standard InChI is InChI=1S/C13H17Cl2N/c1-3-10(9-16-4-2)8-11-6-5-7-12(14)13(11)15/h5-8,16H,3-4,9H2,1-2H3. The van der Waals surface area contributed by atoms with Gasteiger partial charge >= 0.3 is 0 Å². The Labute approximate surface area is 107 Å². The van der Waals surface area contributed by atoms with Gasteiger partial charge in [-0.1, -0.05) is 60.8 Å². The molecule has 0 aromatic heterocycles. The van der Waals surface area contributed by atoms with Crippen LogP contribution in [-0.4, -0.2) is 13.1 Å². The second kappa shape index (κ2) is 6.95. The largest absolute Gasteiger partial charge is 0.313 e. The van der Waals surface area contributed by atoms with E-state index in [-0.39, 0.29) is 0 Å². The van der Waals surface area contributed by atoms with Crippen molar-refractivity contribution in [1.29, 1.82) is 0 Å². The first kappa shape index (κ1) is 13.6. The molecule has 0 saturated heterocycles. The highest BCUT2D eigenvalue weighted by Gasteiger charge is 2.02. The van der Waals surface area contributed by atoms with Crippen LogP contribution in [0.1, 0.15) is 25.8 Å². The Bertz CT molecular complexity index is 372. The minimum atomic E-state index is 0.606. The van der Waals surface area contributed by atoms with E-state index in [1.54, 1.807) is 6.07 Å². The topological polar surface area (TPSA) is 12.0 Å². The summed E-state index contributed by atoms with van der Waals surface area (Å²) < 4.78 is 0. The van der Waals surface area contributed by atoms with E-state index in [9.17, 15) is 0 Å². The zero-order valence-electron chi connectivity index (χ0n) is 9.69. The van der Waals surface area contributed by atoms with Gasteiger partial charge < -0.3 is 5.32 Å². The molecule has 3 heteroatoms. The first-order valence-electron chi connectivity index (χ1n) is 5.53. The molecule has 0 aliphatic carbocycles. The van der Waals surface area contributed by atoms with Crippen molar-refractivity contribution in [2.75, 3.05) is 13.1 Å². The highest BCUT2D eigenvalue weighted by molar-refractivity contribution is 6.42. The van der Waals surface area contributed by atoms with Crippen molar-refractivity contribution in [3.05, 3.63) is 39.4 Å². The molecule has 0 saturated carbocycles. The molecule has 0 bridgehead atoms. The number of halogens is 2. The average Bonchev–Trinajstić information content (AvgIpc) is 2.30. The normalized spacial score (nSPS) is 11.9. The van der Waals surface area contributed by atoms with Crippen molar-refractivity contribution in [1.82, 2.24) is 5.32 Å². The lowest BCUT2D eigenvalue weighted by Crippen LogP contribution is -2.15. The van der Waals surface area contributed by atoms with Crippen molar-refractivity contribution in [3.8, 4) is 0 Å². The molecule has 0 amide bonds. The first-order valence-corrected chi connectivity index (χ1v) is 6.28. The zero-order valence-corrected chi connectivity index (χ0v) is 11.2. The molecule has 0 atom stereocenters. The maximum atomic E-state index is 6.13. The first-order chi connectivity index (χ1) is 7.69. The van der Waals surface area contributed by atoms with E-state index >= 15 is 0 Å². The van der Waals surface area contributed by atoms with Crippen LogP contribution >= 0.6 is 23.2 Å². The van der Waals surface area contributed by atoms with E-state index in [4.69, 9.17) is 23.2 Å². The van der Waals surface area contributed by atoms with Gasteiger partial charge in [-0.3, -0.25) is 0 Å². The minimum Gasteiger partial charge on any atom is -0.313 e. The molecule has 1 aromatic carbocycles. The Morgan fingerprint density at radius 1 is 1.31 bits per heavy atom. The third-order valence-electron chi connectivity index (χ3n) is 2.40. The van der Waals surface area contributed by atoms with E-state index in [1.807, 2.05) is 12.1 Å². The molecule has 1 aromatic rings. The van der Waals surface area contributed by atoms with Crippen LogP contribution in [-0.2, 0) is 0 Å². The van der Waals surface area contributed by atoms with E-state index in [0.717, 1.165) is 25.1 Å². The molecule has 1 N–H and O–H groups in total. The lowest BCUT2D eigenvalue weighted by atomic mass is 10.1. The molecule has 0 fully saturated rings. The molecule has 0 aliphatic heterocycles. The van der Waals surface area contributed by atoms with E-state index < -0.39 is 0 Å². The van der Waals surface area contributed by atoms with Gasteiger partial charge in [-0.05, 0) is 24.6 Å². The summed E-state index contributed by atoms with van der Waals surface area (Å²) >= 11 is 12.1. The summed E-state index contributed by atoms with van der Waals surface area (Å²) in [7, 11) is 0. The second-order valence-corrected chi connectivity index (χ2v) is 4.36. The molecule has 1 nitrogen and oxygen atoms in total. The predicted molar refractivity (Wildman–Crippen MR) is 73.3 cm³/mol. The number of likely N-dealkylation sites (N-methyl/N-ethyl adjacent to an activating group) is 1. The van der Waals surface area contributed by atoms with Crippen LogP contribution in [0.5, 0.6) is 0 Å². The number of hydrogen-bond donors (Lipinski definition) is 1. The number of hydrogen-bond acceptors (Lipinski definition) is 1. The van der Waals surface area contributed by atoms with Crippen LogP contribution in [0.25, 0.3) is 6.08 Å². The summed E-state index contributed by atoms with van der Waals surface area (Å²) in [5, 5.41) is 4.55. The predicted octanol–water partition coefficient (Wildman–Crippen LogP) is 4.40. The minimum absolute atomic E-state index is 0.606. The van der Waals surface area contributed by atoms with Gasteiger partial charge in [0.05, 0.1) is 10.0 Å². The van der Waals surface area contributed by atoms with E-state index in [1.165, 1.54) is 5.57 Å². The summed E-state index contributed by atoms with van der Waals surface area (Å²) in [6.45, 7) is 6.11. The van der Waals surface area contributed by atoms with Gasteiger partial charge in [0.1, 0.15) is 0 Å². The fourth-order valence-electron chi connectivity index (χ4n) is 1.42. The Morgan fingerprint density at radius 2 is 2.06 bits per heavy atom. The summed E-state index contributed by atoms with van der Waals surface area (Å²) in [6.07, 6.45) is 3.12. The van der Waals surface area contributed by atoms with Crippen LogP contribution < -0.4 is 5.32 Å². The molecule has 0 heterocycles. The molecular formula is C13H17Cl2N. The highest BCUT2D eigenvalue weighted by Crippen LogP contribution is 2.27. The maximum Gasteiger partial charge on any atom is 0.0664 e. The van der Waals surface area contributed by atoms with Gasteiger partial charge in [-0.2, -0.15) is 0 Å². The second-order valence-electron chi connectivity index (χ2n) is 3.58. The van der Waals surface area contributed by atoms with Crippen LogP contribution in [0, 0.1) is 0 Å². The quantitative estimate of drug-likeness (QED) is 0.825. The Morgan fingerprint density at radius 3 is 2.69 bits per heavy atom.